The molecule has 28 heavy (non-hydrogen) atoms. The number of fused-ring (bicyclic) bond motifs is 1. The molecule has 5 rings (SSSR count). The van der Waals surface area contributed by atoms with Crippen molar-refractivity contribution in [3.63, 3.8) is 0 Å². The highest BCUT2D eigenvalue weighted by Crippen LogP contribution is 2.35. The van der Waals surface area contributed by atoms with Crippen LogP contribution in [0.1, 0.15) is 31.0 Å². The van der Waals surface area contributed by atoms with Crippen LogP contribution in [0.4, 0.5) is 0 Å². The minimum absolute atomic E-state index is 0. The van der Waals surface area contributed by atoms with Crippen molar-refractivity contribution >= 4 is 12.4 Å². The molecule has 146 valence electrons. The lowest BCUT2D eigenvalue weighted by atomic mass is 9.82. The lowest BCUT2D eigenvalue weighted by Crippen LogP contribution is -2.51. The predicted octanol–water partition coefficient (Wildman–Crippen LogP) is 2.77. The maximum absolute atomic E-state index is 5.93. The normalized spacial score (nSPS) is 24.2. The summed E-state index contributed by atoms with van der Waals surface area (Å²) in [6, 6.07) is 12.0. The molecule has 1 aliphatic heterocycles. The Bertz CT molecular complexity index is 904. The van der Waals surface area contributed by atoms with Crippen LogP contribution < -0.4 is 5.32 Å². The molecule has 1 saturated carbocycles. The Morgan fingerprint density at radius 1 is 1.04 bits per heavy atom. The second-order valence-electron chi connectivity index (χ2n) is 7.09. The number of ether oxygens (including phenoxy) is 1. The highest BCUT2D eigenvalue weighted by atomic mass is 35.5. The van der Waals surface area contributed by atoms with Gasteiger partial charge in [-0.25, -0.2) is 9.97 Å². The number of halogens is 1. The quantitative estimate of drug-likeness (QED) is 0.731. The lowest BCUT2D eigenvalue weighted by molar-refractivity contribution is -0.0280. The van der Waals surface area contributed by atoms with E-state index in [1.165, 1.54) is 0 Å². The summed E-state index contributed by atoms with van der Waals surface area (Å²) in [6.07, 6.45) is 6.95. The van der Waals surface area contributed by atoms with Crippen molar-refractivity contribution in [2.75, 3.05) is 13.2 Å². The monoisotopic (exact) mass is 398 g/mol. The average molecular weight is 399 g/mol. The average Bonchev–Trinajstić information content (AvgIpc) is 3.20. The van der Waals surface area contributed by atoms with E-state index in [0.29, 0.717) is 23.9 Å². The summed E-state index contributed by atoms with van der Waals surface area (Å²) in [7, 11) is 0. The first-order valence-corrected chi connectivity index (χ1v) is 9.53. The van der Waals surface area contributed by atoms with Crippen molar-refractivity contribution in [3.8, 4) is 17.3 Å². The number of hydrogen-bond donors (Lipinski definition) is 1. The van der Waals surface area contributed by atoms with Gasteiger partial charge in [0.2, 0.25) is 5.82 Å². The van der Waals surface area contributed by atoms with Crippen molar-refractivity contribution < 1.29 is 4.74 Å². The Morgan fingerprint density at radius 2 is 1.89 bits per heavy atom. The number of nitrogens with zero attached hydrogens (tertiary/aromatic N) is 5. The van der Waals surface area contributed by atoms with Gasteiger partial charge in [0.1, 0.15) is 11.5 Å². The second kappa shape index (κ2) is 8.34. The van der Waals surface area contributed by atoms with Gasteiger partial charge in [0.05, 0.1) is 12.7 Å². The van der Waals surface area contributed by atoms with E-state index >= 15 is 0 Å². The van der Waals surface area contributed by atoms with Gasteiger partial charge in [0.15, 0.2) is 5.82 Å². The van der Waals surface area contributed by atoms with Gasteiger partial charge in [-0.2, -0.15) is 4.68 Å². The number of aromatic nitrogens is 5. The van der Waals surface area contributed by atoms with Gasteiger partial charge in [-0.05, 0) is 43.5 Å². The van der Waals surface area contributed by atoms with Crippen LogP contribution in [0.25, 0.3) is 17.3 Å². The van der Waals surface area contributed by atoms with Crippen molar-refractivity contribution in [2.24, 2.45) is 0 Å². The summed E-state index contributed by atoms with van der Waals surface area (Å²) in [4.78, 5) is 13.8. The zero-order valence-corrected chi connectivity index (χ0v) is 16.3. The van der Waals surface area contributed by atoms with E-state index < -0.39 is 0 Å². The fraction of sp³-hybridized carbons (Fsp3) is 0.400. The third-order valence-corrected chi connectivity index (χ3v) is 5.39. The van der Waals surface area contributed by atoms with Gasteiger partial charge in [0, 0.05) is 30.9 Å². The van der Waals surface area contributed by atoms with Crippen LogP contribution in [0.3, 0.4) is 0 Å². The molecule has 0 bridgehead atoms. The molecule has 0 radical (unpaired) electrons. The van der Waals surface area contributed by atoms with Crippen LogP contribution in [0.5, 0.6) is 0 Å². The molecular weight excluding hydrogens is 376 g/mol. The summed E-state index contributed by atoms with van der Waals surface area (Å²) in [5.74, 6) is 2.70. The van der Waals surface area contributed by atoms with E-state index in [2.05, 4.69) is 15.3 Å². The Hall–Kier alpha value is -2.35. The van der Waals surface area contributed by atoms with Gasteiger partial charge < -0.3 is 10.1 Å². The van der Waals surface area contributed by atoms with Crippen molar-refractivity contribution in [2.45, 2.75) is 37.3 Å². The second-order valence-corrected chi connectivity index (χ2v) is 7.09. The Balaban J connectivity index is 0.00000192. The minimum atomic E-state index is 0. The molecule has 1 saturated heterocycles. The lowest BCUT2D eigenvalue weighted by Gasteiger charge is -2.39. The van der Waals surface area contributed by atoms with Crippen LogP contribution in [-0.2, 0) is 4.74 Å². The smallest absolute Gasteiger partial charge is 0.200 e. The largest absolute Gasteiger partial charge is 0.375 e. The third kappa shape index (κ3) is 3.65. The standard InChI is InChI=1S/C20H22N6O.ClH/c1-3-9-21-15(5-1)19-24-20(26(25-19)18-6-2-4-10-23-18)14-7-8-17-16(13-14)22-11-12-27-17;/h1-6,9-10,14,16-17,22H,7-8,11-13H2;1H/t14-,16+,17+;/m0./s1. The summed E-state index contributed by atoms with van der Waals surface area (Å²) < 4.78 is 7.82. The molecule has 3 atom stereocenters. The zero-order valence-electron chi connectivity index (χ0n) is 15.4. The van der Waals surface area contributed by atoms with Gasteiger partial charge >= 0.3 is 0 Å². The van der Waals surface area contributed by atoms with E-state index in [1.54, 1.807) is 12.4 Å². The molecule has 7 nitrogen and oxygen atoms in total. The van der Waals surface area contributed by atoms with E-state index in [1.807, 2.05) is 41.1 Å². The van der Waals surface area contributed by atoms with Gasteiger partial charge in [-0.15, -0.1) is 17.5 Å². The van der Waals surface area contributed by atoms with Crippen molar-refractivity contribution in [3.05, 3.63) is 54.6 Å². The highest BCUT2D eigenvalue weighted by Gasteiger charge is 2.36. The van der Waals surface area contributed by atoms with E-state index in [0.717, 1.165) is 49.8 Å². The summed E-state index contributed by atoms with van der Waals surface area (Å²) >= 11 is 0. The molecule has 2 fully saturated rings. The van der Waals surface area contributed by atoms with Crippen LogP contribution in [0, 0.1) is 0 Å². The number of morpholine rings is 1. The predicted molar refractivity (Wildman–Crippen MR) is 108 cm³/mol. The summed E-state index contributed by atoms with van der Waals surface area (Å²) in [5.41, 5.74) is 0.779. The molecule has 3 aromatic heterocycles. The topological polar surface area (TPSA) is 77.8 Å². The van der Waals surface area contributed by atoms with Crippen LogP contribution >= 0.6 is 12.4 Å². The van der Waals surface area contributed by atoms with Crippen LogP contribution in [0.15, 0.2) is 48.8 Å². The maximum atomic E-state index is 5.93. The molecule has 1 aliphatic carbocycles. The maximum Gasteiger partial charge on any atom is 0.200 e. The summed E-state index contributed by atoms with van der Waals surface area (Å²) in [6.45, 7) is 1.72. The molecule has 0 unspecified atom stereocenters. The molecule has 4 heterocycles. The molecule has 0 amide bonds. The van der Waals surface area contributed by atoms with Gasteiger partial charge in [0.25, 0.3) is 0 Å². The number of rotatable bonds is 3. The molecular formula is C20H23ClN6O. The highest BCUT2D eigenvalue weighted by molar-refractivity contribution is 5.85. The van der Waals surface area contributed by atoms with E-state index in [-0.39, 0.29) is 12.4 Å². The minimum Gasteiger partial charge on any atom is -0.375 e. The summed E-state index contributed by atoms with van der Waals surface area (Å²) in [5, 5.41) is 8.37. The first-order valence-electron chi connectivity index (χ1n) is 9.53. The number of nitrogens with one attached hydrogen (secondary N) is 1. The van der Waals surface area contributed by atoms with Crippen molar-refractivity contribution in [1.29, 1.82) is 0 Å². The first kappa shape index (κ1) is 19.0. The molecule has 1 N–H and O–H groups in total. The molecule has 0 spiro atoms. The number of pyridine rings is 2. The van der Waals surface area contributed by atoms with Gasteiger partial charge in [-0.3, -0.25) is 4.98 Å². The third-order valence-electron chi connectivity index (χ3n) is 5.39. The molecule has 3 aromatic rings. The number of hydrogen-bond acceptors (Lipinski definition) is 6. The zero-order chi connectivity index (χ0) is 18.1. The molecule has 8 heteroatoms. The van der Waals surface area contributed by atoms with Crippen LogP contribution in [0.2, 0.25) is 0 Å². The SMILES string of the molecule is Cl.c1ccc(-c2nc([C@H]3CC[C@H]4OCCN[C@@H]4C3)n(-c3ccccn3)n2)nc1. The van der Waals surface area contributed by atoms with E-state index in [9.17, 15) is 0 Å². The fourth-order valence-corrected chi connectivity index (χ4v) is 4.09. The molecule has 0 aromatic carbocycles. The molecule has 2 aliphatic rings. The Morgan fingerprint density at radius 3 is 2.68 bits per heavy atom. The van der Waals surface area contributed by atoms with E-state index in [4.69, 9.17) is 14.8 Å². The first-order chi connectivity index (χ1) is 13.4. The fourth-order valence-electron chi connectivity index (χ4n) is 4.09. The Kier molecular flexibility index (Phi) is 5.66. The van der Waals surface area contributed by atoms with Crippen molar-refractivity contribution in [1.82, 2.24) is 30.0 Å². The van der Waals surface area contributed by atoms with Gasteiger partial charge in [-0.1, -0.05) is 12.1 Å². The van der Waals surface area contributed by atoms with Crippen LogP contribution in [-0.4, -0.2) is 50.0 Å². The Labute approximate surface area is 170 Å².